The van der Waals surface area contributed by atoms with Crippen LogP contribution in [0, 0.1) is 29.1 Å². The van der Waals surface area contributed by atoms with Gasteiger partial charge in [0.2, 0.25) is 0 Å². The third-order valence-electron chi connectivity index (χ3n) is 3.70. The quantitative estimate of drug-likeness (QED) is 0.461. The van der Waals surface area contributed by atoms with Crippen LogP contribution in [0.1, 0.15) is 48.0 Å². The van der Waals surface area contributed by atoms with Gasteiger partial charge in [0.05, 0.1) is 6.07 Å². The van der Waals surface area contributed by atoms with Crippen LogP contribution in [0.25, 0.3) is 0 Å². The molecule has 18 heavy (non-hydrogen) atoms. The molecule has 1 heteroatoms. The number of allylic oxidation sites excluding steroid dienone is 4. The van der Waals surface area contributed by atoms with Gasteiger partial charge in [0.1, 0.15) is 0 Å². The van der Waals surface area contributed by atoms with Crippen LogP contribution in [0.4, 0.5) is 0 Å². The summed E-state index contributed by atoms with van der Waals surface area (Å²) >= 11 is 0. The number of rotatable bonds is 6. The Morgan fingerprint density at radius 2 is 1.56 bits per heavy atom. The van der Waals surface area contributed by atoms with E-state index in [2.05, 4.69) is 60.8 Å². The van der Waals surface area contributed by atoms with Crippen molar-refractivity contribution in [2.45, 2.75) is 48.0 Å². The smallest absolute Gasteiger partial charge is 0.0949 e. The molecular weight excluding hydrogens is 218 g/mol. The van der Waals surface area contributed by atoms with E-state index in [-0.39, 0.29) is 0 Å². The summed E-state index contributed by atoms with van der Waals surface area (Å²) in [5.41, 5.74) is 4.45. The molecule has 2 unspecified atom stereocenters. The van der Waals surface area contributed by atoms with Crippen molar-refractivity contribution in [3.63, 3.8) is 0 Å². The summed E-state index contributed by atoms with van der Waals surface area (Å²) in [5.74, 6) is 1.08. The van der Waals surface area contributed by atoms with E-state index >= 15 is 0 Å². The summed E-state index contributed by atoms with van der Waals surface area (Å²) in [6.45, 7) is 20.7. The van der Waals surface area contributed by atoms with Crippen LogP contribution < -0.4 is 0 Å². The fraction of sp³-hybridized carbons (Fsp3) is 0.588. The second-order valence-electron chi connectivity index (χ2n) is 5.75. The zero-order valence-electron chi connectivity index (χ0n) is 12.8. The van der Waals surface area contributed by atoms with Crippen LogP contribution >= 0.6 is 0 Å². The first-order chi connectivity index (χ1) is 8.22. The molecule has 0 aromatic heterocycles. The summed E-state index contributed by atoms with van der Waals surface area (Å²) in [6.07, 6.45) is 0.907. The Morgan fingerprint density at radius 3 is 1.83 bits per heavy atom. The predicted octanol–water partition coefficient (Wildman–Crippen LogP) is 5.28. The molecule has 0 fully saturated rings. The highest BCUT2D eigenvalue weighted by Crippen LogP contribution is 2.32. The monoisotopic (exact) mass is 245 g/mol. The van der Waals surface area contributed by atoms with Crippen molar-refractivity contribution in [1.82, 2.24) is 0 Å². The summed E-state index contributed by atoms with van der Waals surface area (Å²) in [6, 6.07) is 2.34. The first kappa shape index (κ1) is 16.7. The molecule has 0 bridgehead atoms. The van der Waals surface area contributed by atoms with Gasteiger partial charge in [-0.25, -0.2) is 0 Å². The summed E-state index contributed by atoms with van der Waals surface area (Å²) < 4.78 is 0. The average molecular weight is 245 g/mol. The van der Waals surface area contributed by atoms with Crippen molar-refractivity contribution in [3.8, 4) is 6.07 Å². The normalized spacial score (nSPS) is 15.7. The lowest BCUT2D eigenvalue weighted by Gasteiger charge is -2.26. The Bertz CT molecular complexity index is 390. The van der Waals surface area contributed by atoms with Crippen molar-refractivity contribution in [3.05, 3.63) is 35.5 Å². The predicted molar refractivity (Wildman–Crippen MR) is 80.1 cm³/mol. The van der Waals surface area contributed by atoms with E-state index in [1.54, 1.807) is 0 Å². The van der Waals surface area contributed by atoms with Crippen LogP contribution in [-0.2, 0) is 0 Å². The zero-order valence-corrected chi connectivity index (χ0v) is 12.8. The second kappa shape index (κ2) is 7.21. The van der Waals surface area contributed by atoms with Crippen LogP contribution in [0.5, 0.6) is 0 Å². The van der Waals surface area contributed by atoms with Crippen LogP contribution in [-0.4, -0.2) is 0 Å². The Balaban J connectivity index is 5.19. The second-order valence-corrected chi connectivity index (χ2v) is 5.75. The van der Waals surface area contributed by atoms with E-state index in [0.717, 1.165) is 12.0 Å². The maximum Gasteiger partial charge on any atom is 0.0949 e. The molecule has 0 aliphatic carbocycles. The van der Waals surface area contributed by atoms with Gasteiger partial charge in [-0.15, -0.1) is 0 Å². The molecule has 0 heterocycles. The number of nitriles is 1. The largest absolute Gasteiger partial charge is 0.193 e. The van der Waals surface area contributed by atoms with Gasteiger partial charge in [-0.1, -0.05) is 50.6 Å². The molecule has 0 aliphatic rings. The maximum absolute atomic E-state index is 9.22. The highest BCUT2D eigenvalue weighted by atomic mass is 14.3. The number of hydrogen-bond donors (Lipinski definition) is 0. The number of nitrogens with zero attached hydrogens (tertiary/aromatic N) is 1. The van der Waals surface area contributed by atoms with E-state index in [0.29, 0.717) is 17.8 Å². The van der Waals surface area contributed by atoms with Crippen molar-refractivity contribution in [1.29, 1.82) is 5.26 Å². The lowest BCUT2D eigenvalue weighted by molar-refractivity contribution is 0.460. The van der Waals surface area contributed by atoms with Crippen LogP contribution in [0.15, 0.2) is 35.5 Å². The van der Waals surface area contributed by atoms with Gasteiger partial charge in [-0.3, -0.25) is 0 Å². The van der Waals surface area contributed by atoms with E-state index in [4.69, 9.17) is 0 Å². The molecule has 0 aromatic rings. The van der Waals surface area contributed by atoms with Crippen molar-refractivity contribution < 1.29 is 0 Å². The summed E-state index contributed by atoms with van der Waals surface area (Å²) in [5, 5.41) is 9.22. The molecule has 0 saturated carbocycles. The van der Waals surface area contributed by atoms with E-state index < -0.39 is 0 Å². The fourth-order valence-corrected chi connectivity index (χ4v) is 2.28. The Hall–Kier alpha value is -1.29. The molecule has 2 atom stereocenters. The highest BCUT2D eigenvalue weighted by Gasteiger charge is 2.20. The maximum atomic E-state index is 9.22. The van der Waals surface area contributed by atoms with Crippen molar-refractivity contribution >= 4 is 0 Å². The van der Waals surface area contributed by atoms with E-state index in [9.17, 15) is 5.26 Å². The van der Waals surface area contributed by atoms with Gasteiger partial charge in [0, 0.05) is 5.57 Å². The molecule has 100 valence electrons. The fourth-order valence-electron chi connectivity index (χ4n) is 2.28. The molecule has 0 radical (unpaired) electrons. The van der Waals surface area contributed by atoms with Gasteiger partial charge < -0.3 is 0 Å². The van der Waals surface area contributed by atoms with Crippen molar-refractivity contribution in [2.75, 3.05) is 0 Å². The first-order valence-corrected chi connectivity index (χ1v) is 6.62. The minimum Gasteiger partial charge on any atom is -0.193 e. The van der Waals surface area contributed by atoms with Gasteiger partial charge in [-0.2, -0.15) is 5.26 Å². The molecule has 0 aromatic carbocycles. The molecule has 0 saturated heterocycles. The zero-order chi connectivity index (χ0) is 14.5. The Morgan fingerprint density at radius 1 is 1.06 bits per heavy atom. The molecule has 0 aliphatic heterocycles. The lowest BCUT2D eigenvalue weighted by Crippen LogP contribution is -2.15. The number of hydrogen-bond acceptors (Lipinski definition) is 1. The van der Waals surface area contributed by atoms with Crippen LogP contribution in [0.3, 0.4) is 0 Å². The van der Waals surface area contributed by atoms with E-state index in [1.807, 2.05) is 0 Å². The molecule has 0 amide bonds. The lowest BCUT2D eigenvalue weighted by atomic mass is 9.79. The third-order valence-corrected chi connectivity index (χ3v) is 3.70. The van der Waals surface area contributed by atoms with Gasteiger partial charge in [0.15, 0.2) is 0 Å². The van der Waals surface area contributed by atoms with E-state index in [1.165, 1.54) is 16.7 Å². The molecular formula is C17H27N. The Kier molecular flexibility index (Phi) is 6.70. The standard InChI is InChI=1S/C17H27N/c1-11(2)15(8)16(12(3)4)9-14(7)17(10-18)13(5)6/h13,15-16H,1,3,9H2,2,4-8H3/b17-14-. The Labute approximate surface area is 113 Å². The minimum atomic E-state index is 0.293. The summed E-state index contributed by atoms with van der Waals surface area (Å²) in [4.78, 5) is 0. The third kappa shape index (κ3) is 4.53. The SMILES string of the molecule is C=C(C)C(C)C(C/C(C)=C(/C#N)C(C)C)C(=C)C. The summed E-state index contributed by atoms with van der Waals surface area (Å²) in [7, 11) is 0. The molecule has 0 N–H and O–H groups in total. The highest BCUT2D eigenvalue weighted by molar-refractivity contribution is 5.29. The molecule has 0 rings (SSSR count). The van der Waals surface area contributed by atoms with Gasteiger partial charge in [0.25, 0.3) is 0 Å². The van der Waals surface area contributed by atoms with Gasteiger partial charge in [-0.05, 0) is 44.9 Å². The van der Waals surface area contributed by atoms with Gasteiger partial charge >= 0.3 is 0 Å². The van der Waals surface area contributed by atoms with Crippen LogP contribution in [0.2, 0.25) is 0 Å². The minimum absolute atomic E-state index is 0.293. The topological polar surface area (TPSA) is 23.8 Å². The van der Waals surface area contributed by atoms with Crippen molar-refractivity contribution in [2.24, 2.45) is 17.8 Å². The first-order valence-electron chi connectivity index (χ1n) is 6.62. The average Bonchev–Trinajstić information content (AvgIpc) is 2.24. The molecule has 0 spiro atoms. The molecule has 1 nitrogen and oxygen atoms in total.